The first-order chi connectivity index (χ1) is 15.0. The highest BCUT2D eigenvalue weighted by atomic mass is 35.5. The van der Waals surface area contributed by atoms with Crippen LogP contribution in [0.2, 0.25) is 10.0 Å². The summed E-state index contributed by atoms with van der Waals surface area (Å²) in [6.07, 6.45) is 0.432. The zero-order chi connectivity index (χ0) is 21.8. The van der Waals surface area contributed by atoms with Crippen LogP contribution in [0.15, 0.2) is 54.6 Å². The summed E-state index contributed by atoms with van der Waals surface area (Å²) in [5.41, 5.74) is 1.76. The van der Waals surface area contributed by atoms with Crippen molar-refractivity contribution in [2.24, 2.45) is 0 Å². The van der Waals surface area contributed by atoms with Crippen LogP contribution >= 0.6 is 34.5 Å². The molecule has 6 nitrogen and oxygen atoms in total. The Morgan fingerprint density at radius 1 is 0.935 bits per heavy atom. The zero-order valence-corrected chi connectivity index (χ0v) is 18.6. The minimum atomic E-state index is -0.181. The van der Waals surface area contributed by atoms with Crippen LogP contribution in [-0.4, -0.2) is 22.0 Å². The molecule has 0 aliphatic rings. The van der Waals surface area contributed by atoms with Crippen LogP contribution in [0.1, 0.15) is 16.0 Å². The second kappa shape index (κ2) is 9.51. The minimum Gasteiger partial charge on any atom is -0.352 e. The van der Waals surface area contributed by atoms with Crippen molar-refractivity contribution in [1.29, 1.82) is 0 Å². The summed E-state index contributed by atoms with van der Waals surface area (Å²) in [5.74, 6) is 0.239. The molecule has 0 aliphatic carbocycles. The van der Waals surface area contributed by atoms with Gasteiger partial charge in [-0.15, -0.1) is 11.3 Å². The Morgan fingerprint density at radius 3 is 2.39 bits per heavy atom. The van der Waals surface area contributed by atoms with Crippen LogP contribution in [-0.2, 0) is 29.0 Å². The Balaban J connectivity index is 1.36. The van der Waals surface area contributed by atoms with E-state index in [4.69, 9.17) is 23.2 Å². The lowest BCUT2D eigenvalue weighted by Gasteiger charge is -2.05. The number of rotatable bonds is 7. The fourth-order valence-corrected chi connectivity index (χ4v) is 4.54. The first-order valence-electron chi connectivity index (χ1n) is 9.48. The molecule has 2 heterocycles. The van der Waals surface area contributed by atoms with Crippen molar-refractivity contribution in [1.82, 2.24) is 15.5 Å². The quantitative estimate of drug-likeness (QED) is 0.354. The predicted octanol–water partition coefficient (Wildman–Crippen LogP) is 4.97. The summed E-state index contributed by atoms with van der Waals surface area (Å²) >= 11 is 13.4. The number of benzene rings is 2. The average Bonchev–Trinajstić information content (AvgIpc) is 3.27. The molecule has 0 bridgehead atoms. The number of H-pyrrole nitrogens is 1. The number of carbonyl (C=O) groups excluding carboxylic acids is 2. The van der Waals surface area contributed by atoms with Crippen LogP contribution in [0, 0.1) is 0 Å². The minimum absolute atomic E-state index is 0.0978. The van der Waals surface area contributed by atoms with Gasteiger partial charge < -0.3 is 10.6 Å². The Bertz CT molecular complexity index is 1250. The molecule has 0 saturated carbocycles. The molecule has 2 aromatic heterocycles. The standard InChI is InChI=1S/C22H18Cl2N4O2S/c23-15-5-1-3-13(7-15)9-20(30)26-21-18-10-17(31-22(18)28-27-21)11-19(29)25-12-14-4-2-6-16(24)8-14/h1-8,10H,9,11-12H2,(H,25,29)(H2,26,27,28,30). The van der Waals surface area contributed by atoms with Crippen molar-refractivity contribution >= 4 is 62.4 Å². The normalized spacial score (nSPS) is 10.9. The number of hydrogen-bond acceptors (Lipinski definition) is 4. The largest absolute Gasteiger partial charge is 0.352 e. The van der Waals surface area contributed by atoms with Gasteiger partial charge in [-0.25, -0.2) is 0 Å². The van der Waals surface area contributed by atoms with Crippen LogP contribution in [0.25, 0.3) is 10.2 Å². The molecule has 0 spiro atoms. The Kier molecular flexibility index (Phi) is 6.56. The Hall–Kier alpha value is -2.87. The number of halogens is 2. The molecule has 158 valence electrons. The number of nitrogens with one attached hydrogen (secondary N) is 3. The maximum absolute atomic E-state index is 12.4. The summed E-state index contributed by atoms with van der Waals surface area (Å²) in [7, 11) is 0. The SMILES string of the molecule is O=C(Cc1cc2c(NC(=O)Cc3cccc(Cl)c3)[nH]nc2s1)NCc1cccc(Cl)c1. The van der Waals surface area contributed by atoms with Gasteiger partial charge in [-0.05, 0) is 41.5 Å². The van der Waals surface area contributed by atoms with Crippen molar-refractivity contribution in [3.8, 4) is 0 Å². The smallest absolute Gasteiger partial charge is 0.229 e. The third-order valence-corrected chi connectivity index (χ3v) is 6.03. The number of fused-ring (bicyclic) bond motifs is 1. The van der Waals surface area contributed by atoms with E-state index in [0.717, 1.165) is 26.2 Å². The molecule has 4 aromatic rings. The van der Waals surface area contributed by atoms with Crippen molar-refractivity contribution in [2.75, 3.05) is 5.32 Å². The summed E-state index contributed by atoms with van der Waals surface area (Å²) in [5, 5.41) is 14.8. The average molecular weight is 473 g/mol. The number of hydrogen-bond donors (Lipinski definition) is 3. The molecule has 0 radical (unpaired) electrons. The van der Waals surface area contributed by atoms with E-state index in [2.05, 4.69) is 20.8 Å². The van der Waals surface area contributed by atoms with E-state index in [0.29, 0.717) is 22.4 Å². The number of thiophene rings is 1. The fraction of sp³-hybridized carbons (Fsp3) is 0.136. The molecule has 0 unspecified atom stereocenters. The van der Waals surface area contributed by atoms with Gasteiger partial charge in [-0.3, -0.25) is 14.7 Å². The molecule has 0 aliphatic heterocycles. The number of aromatic amines is 1. The van der Waals surface area contributed by atoms with Crippen molar-refractivity contribution in [3.63, 3.8) is 0 Å². The number of amides is 2. The first kappa shape index (κ1) is 21.4. The molecular formula is C22H18Cl2N4O2S. The summed E-state index contributed by atoms with van der Waals surface area (Å²) in [6, 6.07) is 16.4. The highest BCUT2D eigenvalue weighted by Gasteiger charge is 2.15. The molecule has 2 amide bonds. The van der Waals surface area contributed by atoms with Gasteiger partial charge >= 0.3 is 0 Å². The zero-order valence-electron chi connectivity index (χ0n) is 16.2. The van der Waals surface area contributed by atoms with Crippen LogP contribution in [0.3, 0.4) is 0 Å². The van der Waals surface area contributed by atoms with Gasteiger partial charge in [0, 0.05) is 21.5 Å². The number of aromatic nitrogens is 2. The molecule has 2 aromatic carbocycles. The maximum Gasteiger partial charge on any atom is 0.229 e. The van der Waals surface area contributed by atoms with Gasteiger partial charge in [0.2, 0.25) is 11.8 Å². The number of anilines is 1. The second-order valence-electron chi connectivity index (χ2n) is 6.97. The number of carbonyl (C=O) groups is 2. The molecule has 9 heteroatoms. The lowest BCUT2D eigenvalue weighted by Crippen LogP contribution is -2.24. The van der Waals surface area contributed by atoms with Crippen molar-refractivity contribution in [2.45, 2.75) is 19.4 Å². The fourth-order valence-electron chi connectivity index (χ4n) is 3.13. The van der Waals surface area contributed by atoms with Crippen LogP contribution < -0.4 is 10.6 Å². The second-order valence-corrected chi connectivity index (χ2v) is 8.96. The molecule has 0 atom stereocenters. The van der Waals surface area contributed by atoms with Gasteiger partial charge in [0.1, 0.15) is 10.6 Å². The van der Waals surface area contributed by atoms with Crippen LogP contribution in [0.4, 0.5) is 5.82 Å². The van der Waals surface area contributed by atoms with Crippen molar-refractivity contribution in [3.05, 3.63) is 80.6 Å². The summed E-state index contributed by atoms with van der Waals surface area (Å²) in [6.45, 7) is 0.410. The van der Waals surface area contributed by atoms with E-state index in [9.17, 15) is 9.59 Å². The molecule has 0 saturated heterocycles. The van der Waals surface area contributed by atoms with Gasteiger partial charge in [-0.2, -0.15) is 5.10 Å². The highest BCUT2D eigenvalue weighted by Crippen LogP contribution is 2.29. The molecule has 31 heavy (non-hydrogen) atoms. The lowest BCUT2D eigenvalue weighted by molar-refractivity contribution is -0.120. The molecular weight excluding hydrogens is 455 g/mol. The lowest BCUT2D eigenvalue weighted by atomic mass is 10.1. The third kappa shape index (κ3) is 5.64. The summed E-state index contributed by atoms with van der Waals surface area (Å²) < 4.78 is 0. The Labute approximate surface area is 192 Å². The van der Waals surface area contributed by atoms with Gasteiger partial charge in [0.05, 0.1) is 18.2 Å². The van der Waals surface area contributed by atoms with E-state index >= 15 is 0 Å². The summed E-state index contributed by atoms with van der Waals surface area (Å²) in [4.78, 5) is 26.3. The predicted molar refractivity (Wildman–Crippen MR) is 125 cm³/mol. The van der Waals surface area contributed by atoms with Gasteiger partial charge in [-0.1, -0.05) is 47.5 Å². The number of nitrogens with zero attached hydrogens (tertiary/aromatic N) is 1. The highest BCUT2D eigenvalue weighted by molar-refractivity contribution is 7.18. The van der Waals surface area contributed by atoms with Gasteiger partial charge in [0.15, 0.2) is 0 Å². The molecule has 3 N–H and O–H groups in total. The van der Waals surface area contributed by atoms with Gasteiger partial charge in [0.25, 0.3) is 0 Å². The first-order valence-corrected chi connectivity index (χ1v) is 11.1. The molecule has 4 rings (SSSR count). The third-order valence-electron chi connectivity index (χ3n) is 4.53. The van der Waals surface area contributed by atoms with Crippen molar-refractivity contribution < 1.29 is 9.59 Å². The Morgan fingerprint density at radius 2 is 1.65 bits per heavy atom. The van der Waals surface area contributed by atoms with E-state index in [-0.39, 0.29) is 24.7 Å². The van der Waals surface area contributed by atoms with E-state index in [1.54, 1.807) is 18.2 Å². The monoisotopic (exact) mass is 472 g/mol. The maximum atomic E-state index is 12.4. The molecule has 0 fully saturated rings. The van der Waals surface area contributed by atoms with E-state index < -0.39 is 0 Å². The topological polar surface area (TPSA) is 86.9 Å². The van der Waals surface area contributed by atoms with E-state index in [1.807, 2.05) is 36.4 Å². The van der Waals surface area contributed by atoms with E-state index in [1.165, 1.54) is 11.3 Å². The van der Waals surface area contributed by atoms with Crippen LogP contribution in [0.5, 0.6) is 0 Å².